The van der Waals surface area contributed by atoms with E-state index in [4.69, 9.17) is 11.6 Å². The second-order valence-electron chi connectivity index (χ2n) is 5.98. The number of fused-ring (bicyclic) bond motifs is 1. The number of imide groups is 1. The summed E-state index contributed by atoms with van der Waals surface area (Å²) in [5.41, 5.74) is 1.30. The molecule has 2 aliphatic rings. The number of aryl methyl sites for hydroxylation is 1. The summed E-state index contributed by atoms with van der Waals surface area (Å²) < 4.78 is 26.7. The molecule has 2 aromatic rings. The molecule has 0 unspecified atom stereocenters. The van der Waals surface area contributed by atoms with Crippen molar-refractivity contribution in [1.29, 1.82) is 0 Å². The van der Waals surface area contributed by atoms with E-state index in [9.17, 15) is 18.4 Å². The van der Waals surface area contributed by atoms with Crippen LogP contribution >= 0.6 is 11.6 Å². The number of hydrogen-bond donors (Lipinski definition) is 0. The summed E-state index contributed by atoms with van der Waals surface area (Å²) in [7, 11) is 0. The zero-order chi connectivity index (χ0) is 18.6. The fraction of sp³-hybridized carbons (Fsp3) is 0.176. The van der Waals surface area contributed by atoms with Crippen molar-refractivity contribution < 1.29 is 18.4 Å². The summed E-state index contributed by atoms with van der Waals surface area (Å²) in [5.74, 6) is -3.48. The van der Waals surface area contributed by atoms with Gasteiger partial charge in [0.2, 0.25) is 0 Å². The van der Waals surface area contributed by atoms with Crippen molar-refractivity contribution in [2.75, 3.05) is 9.91 Å². The van der Waals surface area contributed by atoms with Crippen molar-refractivity contribution >= 4 is 34.8 Å². The summed E-state index contributed by atoms with van der Waals surface area (Å²) >= 11 is 6.12. The Labute approximate surface area is 151 Å². The van der Waals surface area contributed by atoms with Gasteiger partial charge >= 0.3 is 0 Å². The van der Waals surface area contributed by atoms with Gasteiger partial charge in [0.15, 0.2) is 23.7 Å². The van der Waals surface area contributed by atoms with E-state index >= 15 is 0 Å². The van der Waals surface area contributed by atoms with Gasteiger partial charge in [-0.2, -0.15) is 5.11 Å². The fourth-order valence-corrected chi connectivity index (χ4v) is 3.15. The molecule has 0 aliphatic carbocycles. The lowest BCUT2D eigenvalue weighted by Gasteiger charge is -2.21. The fourth-order valence-electron chi connectivity index (χ4n) is 2.98. The van der Waals surface area contributed by atoms with Gasteiger partial charge in [0.25, 0.3) is 11.8 Å². The maximum Gasteiger partial charge on any atom is 0.263 e. The topological polar surface area (TPSA) is 65.3 Å². The molecule has 4 rings (SSSR count). The Morgan fingerprint density at radius 3 is 2.42 bits per heavy atom. The Hall–Kier alpha value is -2.87. The van der Waals surface area contributed by atoms with Gasteiger partial charge < -0.3 is 0 Å². The molecule has 9 heteroatoms. The Bertz CT molecular complexity index is 981. The minimum Gasteiger partial charge on any atom is -0.271 e. The molecule has 0 N–H and O–H groups in total. The molecule has 1 fully saturated rings. The van der Waals surface area contributed by atoms with Crippen LogP contribution in [0.5, 0.6) is 0 Å². The molecule has 0 bridgehead atoms. The van der Waals surface area contributed by atoms with Gasteiger partial charge in [-0.15, -0.1) is 0 Å². The predicted molar refractivity (Wildman–Crippen MR) is 90.0 cm³/mol. The highest BCUT2D eigenvalue weighted by atomic mass is 35.5. The number of benzene rings is 2. The van der Waals surface area contributed by atoms with Crippen LogP contribution in [0.15, 0.2) is 46.7 Å². The van der Waals surface area contributed by atoms with Crippen LogP contribution in [0, 0.1) is 18.6 Å². The number of carbonyl (C=O) groups is 2. The Kier molecular flexibility index (Phi) is 3.73. The minimum absolute atomic E-state index is 0.0506. The molecule has 0 aromatic heterocycles. The highest BCUT2D eigenvalue weighted by Crippen LogP contribution is 2.36. The molecule has 2 aromatic carbocycles. The van der Waals surface area contributed by atoms with Crippen LogP contribution in [-0.2, 0) is 9.59 Å². The number of hydrogen-bond acceptors (Lipinski definition) is 5. The quantitative estimate of drug-likeness (QED) is 0.754. The van der Waals surface area contributed by atoms with E-state index in [-0.39, 0.29) is 5.69 Å². The zero-order valence-electron chi connectivity index (χ0n) is 13.4. The van der Waals surface area contributed by atoms with Crippen LogP contribution in [-0.4, -0.2) is 23.9 Å². The monoisotopic (exact) mass is 376 g/mol. The number of carbonyl (C=O) groups excluding carboxylic acids is 2. The summed E-state index contributed by atoms with van der Waals surface area (Å²) in [6.07, 6.45) is 0. The van der Waals surface area contributed by atoms with Crippen LogP contribution in [0.4, 0.5) is 20.2 Å². The van der Waals surface area contributed by atoms with Crippen molar-refractivity contribution in [3.63, 3.8) is 0 Å². The maximum absolute atomic E-state index is 13.5. The molecule has 2 amide bonds. The van der Waals surface area contributed by atoms with E-state index in [0.29, 0.717) is 10.7 Å². The number of amides is 2. The Morgan fingerprint density at radius 2 is 1.73 bits per heavy atom. The van der Waals surface area contributed by atoms with Crippen LogP contribution in [0.1, 0.15) is 5.56 Å². The van der Waals surface area contributed by atoms with Crippen molar-refractivity contribution in [2.24, 2.45) is 10.3 Å². The average Bonchev–Trinajstić information content (AvgIpc) is 3.14. The van der Waals surface area contributed by atoms with Crippen LogP contribution in [0.2, 0.25) is 5.02 Å². The predicted octanol–water partition coefficient (Wildman–Crippen LogP) is 3.42. The van der Waals surface area contributed by atoms with Gasteiger partial charge in [-0.3, -0.25) is 9.59 Å². The van der Waals surface area contributed by atoms with Gasteiger partial charge in [-0.05, 0) is 36.8 Å². The van der Waals surface area contributed by atoms with E-state index in [0.717, 1.165) is 22.6 Å². The number of anilines is 2. The third kappa shape index (κ3) is 2.37. The van der Waals surface area contributed by atoms with Crippen molar-refractivity contribution in [3.8, 4) is 0 Å². The van der Waals surface area contributed by atoms with E-state index in [2.05, 4.69) is 10.3 Å². The Balaban J connectivity index is 1.71. The standard InChI is InChI=1S/C17H11ClF2N4O2/c1-8-2-3-10(6-11(8)18)24-15-14(21-22-24)16(25)23(17(15)26)9-4-5-12(19)13(20)7-9/h2-7,14-15H,1H3/t14-,15-/m0/s1. The van der Waals surface area contributed by atoms with Gasteiger partial charge in [0.1, 0.15) is 0 Å². The van der Waals surface area contributed by atoms with E-state index < -0.39 is 35.5 Å². The third-order valence-electron chi connectivity index (χ3n) is 4.36. The summed E-state index contributed by atoms with van der Waals surface area (Å²) in [6.45, 7) is 1.83. The molecule has 2 heterocycles. The lowest BCUT2D eigenvalue weighted by Crippen LogP contribution is -2.40. The largest absolute Gasteiger partial charge is 0.271 e. The minimum atomic E-state index is -1.15. The highest BCUT2D eigenvalue weighted by Gasteiger charge is 2.55. The molecule has 26 heavy (non-hydrogen) atoms. The number of nitrogens with zero attached hydrogens (tertiary/aromatic N) is 4. The van der Waals surface area contributed by atoms with Crippen molar-refractivity contribution in [1.82, 2.24) is 0 Å². The second kappa shape index (κ2) is 5.84. The van der Waals surface area contributed by atoms with Crippen molar-refractivity contribution in [3.05, 3.63) is 58.6 Å². The molecular formula is C17H11ClF2N4O2. The molecule has 2 aliphatic heterocycles. The normalized spacial score (nSPS) is 21.7. The first-order valence-electron chi connectivity index (χ1n) is 7.67. The summed E-state index contributed by atoms with van der Waals surface area (Å²) in [4.78, 5) is 26.2. The summed E-state index contributed by atoms with van der Waals surface area (Å²) in [6, 6.07) is 5.88. The maximum atomic E-state index is 13.5. The molecule has 2 atom stereocenters. The lowest BCUT2D eigenvalue weighted by molar-refractivity contribution is -0.121. The molecule has 132 valence electrons. The molecular weight excluding hydrogens is 366 g/mol. The van der Waals surface area contributed by atoms with Gasteiger partial charge in [-0.25, -0.2) is 18.7 Å². The zero-order valence-corrected chi connectivity index (χ0v) is 14.1. The molecule has 1 saturated heterocycles. The molecule has 0 saturated carbocycles. The molecule has 0 spiro atoms. The lowest BCUT2D eigenvalue weighted by atomic mass is 10.1. The first-order chi connectivity index (χ1) is 12.4. The molecule has 0 radical (unpaired) electrons. The average molecular weight is 377 g/mol. The summed E-state index contributed by atoms with van der Waals surface area (Å²) in [5, 5.41) is 9.60. The Morgan fingerprint density at radius 1 is 1.00 bits per heavy atom. The van der Waals surface area contributed by atoms with Crippen LogP contribution in [0.25, 0.3) is 0 Å². The molecule has 6 nitrogen and oxygen atoms in total. The first kappa shape index (κ1) is 16.6. The van der Waals surface area contributed by atoms with Crippen LogP contribution < -0.4 is 9.91 Å². The van der Waals surface area contributed by atoms with Gasteiger partial charge in [-0.1, -0.05) is 22.9 Å². The first-order valence-corrected chi connectivity index (χ1v) is 8.05. The third-order valence-corrected chi connectivity index (χ3v) is 4.77. The van der Waals surface area contributed by atoms with Crippen LogP contribution in [0.3, 0.4) is 0 Å². The SMILES string of the molecule is Cc1ccc(N2N=N[C@@H]3C(=O)N(c4ccc(F)c(F)c4)C(=O)[C@H]32)cc1Cl. The van der Waals surface area contributed by atoms with Gasteiger partial charge in [0.05, 0.1) is 11.4 Å². The van der Waals surface area contributed by atoms with E-state index in [1.165, 1.54) is 11.1 Å². The smallest absolute Gasteiger partial charge is 0.263 e. The highest BCUT2D eigenvalue weighted by molar-refractivity contribution is 6.31. The number of rotatable bonds is 2. The number of halogens is 3. The van der Waals surface area contributed by atoms with E-state index in [1.807, 2.05) is 6.92 Å². The van der Waals surface area contributed by atoms with E-state index in [1.54, 1.807) is 18.2 Å². The second-order valence-corrected chi connectivity index (χ2v) is 6.39. The van der Waals surface area contributed by atoms with Crippen molar-refractivity contribution in [2.45, 2.75) is 19.0 Å². The van der Waals surface area contributed by atoms with Gasteiger partial charge in [0, 0.05) is 11.1 Å².